The standard InChI is InChI=1S/C14H13F2N3O3S/c1-17-14(21)19-9-4-2-3-8(7-9)18-12(20)11-10(5-6-23-11)22-13(15)16/h2-7,13H,1H3,(H,18,20)(H2,17,19,21). The van der Waals surface area contributed by atoms with Gasteiger partial charge in [0.1, 0.15) is 10.6 Å². The second-order valence-corrected chi connectivity index (χ2v) is 5.15. The van der Waals surface area contributed by atoms with E-state index >= 15 is 0 Å². The van der Waals surface area contributed by atoms with E-state index in [4.69, 9.17) is 0 Å². The topological polar surface area (TPSA) is 79.5 Å². The lowest BCUT2D eigenvalue weighted by Crippen LogP contribution is -2.24. The summed E-state index contributed by atoms with van der Waals surface area (Å²) in [5.74, 6) is -0.755. The monoisotopic (exact) mass is 341 g/mol. The van der Waals surface area contributed by atoms with E-state index in [1.54, 1.807) is 18.2 Å². The van der Waals surface area contributed by atoms with Gasteiger partial charge in [-0.05, 0) is 29.6 Å². The molecular weight excluding hydrogens is 328 g/mol. The van der Waals surface area contributed by atoms with Crippen LogP contribution in [0.1, 0.15) is 9.67 Å². The molecule has 1 aromatic carbocycles. The average molecular weight is 341 g/mol. The van der Waals surface area contributed by atoms with Gasteiger partial charge < -0.3 is 20.7 Å². The largest absolute Gasteiger partial charge is 0.433 e. The Hall–Kier alpha value is -2.68. The minimum absolute atomic E-state index is 0.0370. The highest BCUT2D eigenvalue weighted by atomic mass is 32.1. The molecule has 2 rings (SSSR count). The van der Waals surface area contributed by atoms with Gasteiger partial charge in [0.15, 0.2) is 0 Å². The van der Waals surface area contributed by atoms with Crippen LogP contribution in [0, 0.1) is 0 Å². The van der Waals surface area contributed by atoms with Gasteiger partial charge in [-0.2, -0.15) is 8.78 Å². The Balaban J connectivity index is 2.10. The fraction of sp³-hybridized carbons (Fsp3) is 0.143. The normalized spacial score (nSPS) is 10.3. The van der Waals surface area contributed by atoms with Gasteiger partial charge in [0.2, 0.25) is 0 Å². The van der Waals surface area contributed by atoms with Crippen molar-refractivity contribution in [2.24, 2.45) is 0 Å². The number of hydrogen-bond acceptors (Lipinski definition) is 4. The van der Waals surface area contributed by atoms with Crippen molar-refractivity contribution in [2.75, 3.05) is 17.7 Å². The van der Waals surface area contributed by atoms with Crippen LogP contribution in [0.3, 0.4) is 0 Å². The van der Waals surface area contributed by atoms with E-state index in [9.17, 15) is 18.4 Å². The zero-order valence-electron chi connectivity index (χ0n) is 11.9. The molecule has 1 heterocycles. The highest BCUT2D eigenvalue weighted by Gasteiger charge is 2.17. The van der Waals surface area contributed by atoms with Crippen molar-refractivity contribution < 1.29 is 23.1 Å². The predicted molar refractivity (Wildman–Crippen MR) is 83.4 cm³/mol. The third kappa shape index (κ3) is 4.65. The van der Waals surface area contributed by atoms with Gasteiger partial charge in [0.25, 0.3) is 5.91 Å². The molecule has 9 heteroatoms. The van der Waals surface area contributed by atoms with Crippen molar-refractivity contribution in [3.63, 3.8) is 0 Å². The first-order chi connectivity index (χ1) is 11.0. The van der Waals surface area contributed by atoms with Gasteiger partial charge in [-0.1, -0.05) is 6.07 Å². The van der Waals surface area contributed by atoms with Crippen molar-refractivity contribution in [1.29, 1.82) is 0 Å². The van der Waals surface area contributed by atoms with Crippen molar-refractivity contribution >= 4 is 34.6 Å². The van der Waals surface area contributed by atoms with E-state index < -0.39 is 18.5 Å². The summed E-state index contributed by atoms with van der Waals surface area (Å²) >= 11 is 0.987. The van der Waals surface area contributed by atoms with Gasteiger partial charge in [-0.25, -0.2) is 4.79 Å². The summed E-state index contributed by atoms with van der Waals surface area (Å²) in [6.07, 6.45) is 0. The maximum absolute atomic E-state index is 12.3. The Morgan fingerprint density at radius 3 is 2.52 bits per heavy atom. The van der Waals surface area contributed by atoms with Crippen LogP contribution >= 0.6 is 11.3 Å². The lowest BCUT2D eigenvalue weighted by Gasteiger charge is -2.09. The number of benzene rings is 1. The minimum Gasteiger partial charge on any atom is -0.433 e. The van der Waals surface area contributed by atoms with Crippen LogP contribution in [0.5, 0.6) is 5.75 Å². The number of anilines is 2. The molecule has 6 nitrogen and oxygen atoms in total. The molecule has 0 spiro atoms. The smallest absolute Gasteiger partial charge is 0.387 e. The number of amides is 3. The number of alkyl halides is 2. The number of urea groups is 1. The van der Waals surface area contributed by atoms with Crippen LogP contribution in [-0.4, -0.2) is 25.6 Å². The third-order valence-electron chi connectivity index (χ3n) is 2.66. The molecule has 0 atom stereocenters. The van der Waals surface area contributed by atoms with Crippen molar-refractivity contribution in [3.8, 4) is 5.75 Å². The molecule has 1 aromatic heterocycles. The average Bonchev–Trinajstić information content (AvgIpc) is 2.94. The number of hydrogen-bond donors (Lipinski definition) is 3. The first-order valence-electron chi connectivity index (χ1n) is 6.42. The third-order valence-corrected chi connectivity index (χ3v) is 3.55. The Kier molecular flexibility index (Phi) is 5.47. The van der Waals surface area contributed by atoms with Crippen molar-refractivity contribution in [2.45, 2.75) is 6.61 Å². The Labute approximate surface area is 134 Å². The van der Waals surface area contributed by atoms with E-state index in [0.717, 1.165) is 11.3 Å². The molecule has 0 aliphatic heterocycles. The fourth-order valence-corrected chi connectivity index (χ4v) is 2.43. The number of ether oxygens (including phenoxy) is 1. The summed E-state index contributed by atoms with van der Waals surface area (Å²) in [7, 11) is 1.47. The van der Waals surface area contributed by atoms with Gasteiger partial charge in [-0.15, -0.1) is 11.3 Å². The van der Waals surface area contributed by atoms with Gasteiger partial charge >= 0.3 is 12.6 Å². The lowest BCUT2D eigenvalue weighted by atomic mass is 10.2. The summed E-state index contributed by atoms with van der Waals surface area (Å²) in [6, 6.07) is 7.31. The van der Waals surface area contributed by atoms with Crippen molar-refractivity contribution in [3.05, 3.63) is 40.6 Å². The maximum atomic E-state index is 12.3. The summed E-state index contributed by atoms with van der Waals surface area (Å²) in [6.45, 7) is -3.00. The van der Waals surface area contributed by atoms with E-state index in [-0.39, 0.29) is 10.6 Å². The van der Waals surface area contributed by atoms with E-state index in [2.05, 4.69) is 20.7 Å². The van der Waals surface area contributed by atoms with Crippen LogP contribution in [0.15, 0.2) is 35.7 Å². The van der Waals surface area contributed by atoms with E-state index in [1.165, 1.54) is 24.6 Å². The molecule has 122 valence electrons. The number of nitrogens with one attached hydrogen (secondary N) is 3. The summed E-state index contributed by atoms with van der Waals surface area (Å²) in [4.78, 5) is 23.4. The minimum atomic E-state index is -3.00. The first kappa shape index (κ1) is 16.7. The first-order valence-corrected chi connectivity index (χ1v) is 7.30. The molecule has 0 saturated heterocycles. The highest BCUT2D eigenvalue weighted by Crippen LogP contribution is 2.27. The Morgan fingerprint density at radius 2 is 1.87 bits per heavy atom. The zero-order valence-corrected chi connectivity index (χ0v) is 12.7. The van der Waals surface area contributed by atoms with Crippen LogP contribution in [0.4, 0.5) is 25.0 Å². The van der Waals surface area contributed by atoms with Gasteiger partial charge in [0, 0.05) is 18.4 Å². The molecule has 3 amide bonds. The molecule has 0 radical (unpaired) electrons. The number of rotatable bonds is 5. The molecule has 0 saturated carbocycles. The highest BCUT2D eigenvalue weighted by molar-refractivity contribution is 7.12. The van der Waals surface area contributed by atoms with E-state index in [0.29, 0.717) is 11.4 Å². The Morgan fingerprint density at radius 1 is 1.17 bits per heavy atom. The molecule has 0 fully saturated rings. The van der Waals surface area contributed by atoms with Gasteiger partial charge in [0.05, 0.1) is 0 Å². The van der Waals surface area contributed by atoms with Crippen LogP contribution in [0.25, 0.3) is 0 Å². The summed E-state index contributed by atoms with van der Waals surface area (Å²) < 4.78 is 28.8. The van der Waals surface area contributed by atoms with Crippen molar-refractivity contribution in [1.82, 2.24) is 5.32 Å². The second kappa shape index (κ2) is 7.54. The molecule has 0 aliphatic carbocycles. The molecule has 0 aliphatic rings. The fourth-order valence-electron chi connectivity index (χ4n) is 1.71. The number of halogens is 2. The molecule has 0 unspecified atom stereocenters. The number of carbonyl (C=O) groups excluding carboxylic acids is 2. The Bertz CT molecular complexity index is 706. The summed E-state index contributed by atoms with van der Waals surface area (Å²) in [5, 5.41) is 9.00. The number of thiophene rings is 1. The molecule has 23 heavy (non-hydrogen) atoms. The predicted octanol–water partition coefficient (Wildman–Crippen LogP) is 3.35. The molecule has 2 aromatic rings. The number of carbonyl (C=O) groups is 2. The SMILES string of the molecule is CNC(=O)Nc1cccc(NC(=O)c2sccc2OC(F)F)c1. The zero-order chi connectivity index (χ0) is 16.8. The maximum Gasteiger partial charge on any atom is 0.387 e. The molecule has 3 N–H and O–H groups in total. The van der Waals surface area contributed by atoms with Crippen LogP contribution < -0.4 is 20.7 Å². The quantitative estimate of drug-likeness (QED) is 0.780. The van der Waals surface area contributed by atoms with E-state index in [1.807, 2.05) is 0 Å². The van der Waals surface area contributed by atoms with Gasteiger partial charge in [-0.3, -0.25) is 4.79 Å². The second-order valence-electron chi connectivity index (χ2n) is 4.23. The summed E-state index contributed by atoms with van der Waals surface area (Å²) in [5.41, 5.74) is 0.873. The molecule has 0 bridgehead atoms. The molecular formula is C14H13F2N3O3S. The van der Waals surface area contributed by atoms with Crippen LogP contribution in [0.2, 0.25) is 0 Å². The lowest BCUT2D eigenvalue weighted by molar-refractivity contribution is -0.0498. The van der Waals surface area contributed by atoms with Crippen LogP contribution in [-0.2, 0) is 0 Å².